The first-order valence-electron chi connectivity index (χ1n) is 6.36. The highest BCUT2D eigenvalue weighted by molar-refractivity contribution is 5.79. The van der Waals surface area contributed by atoms with Crippen LogP contribution in [0.2, 0.25) is 0 Å². The number of carbonyl (C=O) groups is 1. The monoisotopic (exact) mass is 244 g/mol. The summed E-state index contributed by atoms with van der Waals surface area (Å²) in [6.45, 7) is 2.00. The molecule has 2 aromatic heterocycles. The molecule has 4 heteroatoms. The third kappa shape index (κ3) is 1.98. The smallest absolute Gasteiger partial charge is 0.154 e. The number of imidazole rings is 1. The van der Waals surface area contributed by atoms with Gasteiger partial charge in [-0.1, -0.05) is 0 Å². The minimum absolute atomic E-state index is 0.376. The normalized spacial score (nSPS) is 17.3. The van der Waals surface area contributed by atoms with Gasteiger partial charge in [-0.15, -0.1) is 0 Å². The number of aromatic nitrogens is 2. The molecule has 4 nitrogen and oxygen atoms in total. The molecule has 0 amide bonds. The molecule has 0 bridgehead atoms. The van der Waals surface area contributed by atoms with Gasteiger partial charge in [0, 0.05) is 24.5 Å². The topological polar surface area (TPSA) is 58.9 Å². The van der Waals surface area contributed by atoms with E-state index in [1.54, 1.807) is 6.26 Å². The number of hydrogen-bond acceptors (Lipinski definition) is 3. The molecule has 0 radical (unpaired) electrons. The molecule has 0 aliphatic heterocycles. The van der Waals surface area contributed by atoms with Gasteiger partial charge in [0.1, 0.15) is 17.3 Å². The van der Waals surface area contributed by atoms with Gasteiger partial charge in [0.2, 0.25) is 0 Å². The van der Waals surface area contributed by atoms with Crippen LogP contribution in [0.25, 0.3) is 11.5 Å². The number of rotatable bonds is 2. The Kier molecular flexibility index (Phi) is 2.78. The van der Waals surface area contributed by atoms with Crippen LogP contribution >= 0.6 is 0 Å². The number of nitrogens with one attached hydrogen (secondary N) is 1. The Morgan fingerprint density at radius 1 is 1.39 bits per heavy atom. The second-order valence-electron chi connectivity index (χ2n) is 4.89. The highest BCUT2D eigenvalue weighted by atomic mass is 16.3. The van der Waals surface area contributed by atoms with Crippen LogP contribution in [0.4, 0.5) is 0 Å². The van der Waals surface area contributed by atoms with Gasteiger partial charge in [0.15, 0.2) is 5.76 Å². The largest absolute Gasteiger partial charge is 0.463 e. The van der Waals surface area contributed by atoms with E-state index in [9.17, 15) is 4.79 Å². The highest BCUT2D eigenvalue weighted by Gasteiger charge is 2.24. The van der Waals surface area contributed by atoms with E-state index in [-0.39, 0.29) is 0 Å². The summed E-state index contributed by atoms with van der Waals surface area (Å²) in [5.41, 5.74) is 1.91. The van der Waals surface area contributed by atoms with Crippen LogP contribution < -0.4 is 0 Å². The Morgan fingerprint density at radius 3 is 2.83 bits per heavy atom. The molecule has 18 heavy (non-hydrogen) atoms. The van der Waals surface area contributed by atoms with Crippen LogP contribution in [0, 0.1) is 6.92 Å². The summed E-state index contributed by atoms with van der Waals surface area (Å²) in [6.07, 6.45) is 4.83. The predicted molar refractivity (Wildman–Crippen MR) is 67.2 cm³/mol. The molecule has 0 saturated heterocycles. The average Bonchev–Trinajstić information content (AvgIpc) is 2.99. The zero-order chi connectivity index (χ0) is 12.5. The molecule has 0 spiro atoms. The zero-order valence-electron chi connectivity index (χ0n) is 10.4. The highest BCUT2D eigenvalue weighted by Crippen LogP contribution is 2.32. The Hall–Kier alpha value is -1.84. The molecule has 1 aliphatic carbocycles. The van der Waals surface area contributed by atoms with Crippen LogP contribution in [0.1, 0.15) is 43.1 Å². The number of hydrogen-bond donors (Lipinski definition) is 1. The van der Waals surface area contributed by atoms with Crippen molar-refractivity contribution in [3.05, 3.63) is 29.9 Å². The lowest BCUT2D eigenvalue weighted by Gasteiger charge is -2.18. The van der Waals surface area contributed by atoms with Crippen LogP contribution in [0.15, 0.2) is 22.8 Å². The SMILES string of the molecule is Cc1[nH]c(C2CCC(=O)CC2)nc1-c1ccco1. The van der Waals surface area contributed by atoms with Gasteiger partial charge in [-0.25, -0.2) is 4.98 Å². The van der Waals surface area contributed by atoms with Crippen molar-refractivity contribution in [1.29, 1.82) is 0 Å². The predicted octanol–water partition coefficient (Wildman–Crippen LogP) is 3.20. The number of furan rings is 1. The molecule has 1 saturated carbocycles. The molecule has 1 fully saturated rings. The molecule has 0 unspecified atom stereocenters. The lowest BCUT2D eigenvalue weighted by atomic mass is 9.88. The number of ketones is 1. The summed E-state index contributed by atoms with van der Waals surface area (Å²) in [5.74, 6) is 2.54. The van der Waals surface area contributed by atoms with E-state index in [1.807, 2.05) is 19.1 Å². The molecule has 0 atom stereocenters. The molecule has 2 aromatic rings. The van der Waals surface area contributed by atoms with Gasteiger partial charge < -0.3 is 9.40 Å². The minimum Gasteiger partial charge on any atom is -0.463 e. The van der Waals surface area contributed by atoms with Crippen molar-refractivity contribution >= 4 is 5.78 Å². The number of carbonyl (C=O) groups excluding carboxylic acids is 1. The van der Waals surface area contributed by atoms with Crippen LogP contribution in [0.3, 0.4) is 0 Å². The Bertz CT molecular complexity index is 544. The zero-order valence-corrected chi connectivity index (χ0v) is 10.4. The fraction of sp³-hybridized carbons (Fsp3) is 0.429. The molecular formula is C14H16N2O2. The molecule has 3 rings (SSSR count). The van der Waals surface area contributed by atoms with Crippen molar-refractivity contribution in [1.82, 2.24) is 9.97 Å². The summed E-state index contributed by atoms with van der Waals surface area (Å²) < 4.78 is 5.38. The summed E-state index contributed by atoms with van der Waals surface area (Å²) in [5, 5.41) is 0. The second kappa shape index (κ2) is 4.44. The molecule has 0 aromatic carbocycles. The number of H-pyrrole nitrogens is 1. The standard InChI is InChI=1S/C14H16N2O2/c1-9-13(12-3-2-8-18-12)16-14(15-9)10-4-6-11(17)7-5-10/h2-3,8,10H,4-7H2,1H3,(H,15,16). The number of aryl methyl sites for hydroxylation is 1. The van der Waals surface area contributed by atoms with Crippen LogP contribution in [-0.2, 0) is 4.79 Å². The van der Waals surface area contributed by atoms with Gasteiger partial charge in [-0.3, -0.25) is 4.79 Å². The Balaban J connectivity index is 1.86. The fourth-order valence-corrected chi connectivity index (χ4v) is 2.54. The first kappa shape index (κ1) is 11.3. The Morgan fingerprint density at radius 2 is 2.17 bits per heavy atom. The van der Waals surface area contributed by atoms with Crippen molar-refractivity contribution in [2.45, 2.75) is 38.5 Å². The van der Waals surface area contributed by atoms with E-state index < -0.39 is 0 Å². The summed E-state index contributed by atoms with van der Waals surface area (Å²) in [7, 11) is 0. The van der Waals surface area contributed by atoms with E-state index in [4.69, 9.17) is 4.42 Å². The first-order chi connectivity index (χ1) is 8.74. The molecule has 94 valence electrons. The quantitative estimate of drug-likeness (QED) is 0.882. The lowest BCUT2D eigenvalue weighted by molar-refractivity contribution is -0.120. The minimum atomic E-state index is 0.376. The maximum absolute atomic E-state index is 11.3. The summed E-state index contributed by atoms with van der Waals surface area (Å²) in [4.78, 5) is 19.2. The van der Waals surface area contributed by atoms with Gasteiger partial charge in [-0.2, -0.15) is 0 Å². The van der Waals surface area contributed by atoms with Crippen molar-refractivity contribution in [3.63, 3.8) is 0 Å². The van der Waals surface area contributed by atoms with Crippen molar-refractivity contribution in [3.8, 4) is 11.5 Å². The van der Waals surface area contributed by atoms with E-state index in [0.29, 0.717) is 24.5 Å². The number of aromatic amines is 1. The van der Waals surface area contributed by atoms with E-state index >= 15 is 0 Å². The third-order valence-electron chi connectivity index (χ3n) is 3.59. The van der Waals surface area contributed by atoms with Crippen molar-refractivity contribution in [2.24, 2.45) is 0 Å². The average molecular weight is 244 g/mol. The van der Waals surface area contributed by atoms with Gasteiger partial charge in [0.25, 0.3) is 0 Å². The number of Topliss-reactive ketones (excluding diaryl/α,β-unsaturated/α-hetero) is 1. The lowest BCUT2D eigenvalue weighted by Crippen LogP contribution is -2.13. The first-order valence-corrected chi connectivity index (χ1v) is 6.36. The maximum atomic E-state index is 11.3. The van der Waals surface area contributed by atoms with E-state index in [2.05, 4.69) is 9.97 Å². The molecule has 2 heterocycles. The van der Waals surface area contributed by atoms with Gasteiger partial charge in [0.05, 0.1) is 6.26 Å². The third-order valence-corrected chi connectivity index (χ3v) is 3.59. The summed E-state index contributed by atoms with van der Waals surface area (Å²) >= 11 is 0. The molecule has 1 aliphatic rings. The van der Waals surface area contributed by atoms with Gasteiger partial charge >= 0.3 is 0 Å². The Labute approximate surface area is 105 Å². The van der Waals surface area contributed by atoms with Crippen molar-refractivity contribution < 1.29 is 9.21 Å². The van der Waals surface area contributed by atoms with Gasteiger partial charge in [-0.05, 0) is 31.9 Å². The maximum Gasteiger partial charge on any atom is 0.154 e. The number of nitrogens with zero attached hydrogens (tertiary/aromatic N) is 1. The fourth-order valence-electron chi connectivity index (χ4n) is 2.54. The van der Waals surface area contributed by atoms with Crippen LogP contribution in [0.5, 0.6) is 0 Å². The molecular weight excluding hydrogens is 228 g/mol. The second-order valence-corrected chi connectivity index (χ2v) is 4.89. The van der Waals surface area contributed by atoms with E-state index in [0.717, 1.165) is 35.8 Å². The molecule has 1 N–H and O–H groups in total. The van der Waals surface area contributed by atoms with Crippen molar-refractivity contribution in [2.75, 3.05) is 0 Å². The summed E-state index contributed by atoms with van der Waals surface area (Å²) in [6, 6.07) is 3.78. The van der Waals surface area contributed by atoms with Crippen LogP contribution in [-0.4, -0.2) is 15.8 Å². The van der Waals surface area contributed by atoms with E-state index in [1.165, 1.54) is 0 Å².